The Labute approximate surface area is 165 Å². The molecule has 7 nitrogen and oxygen atoms in total. The number of rotatable bonds is 3. The number of carbonyl (C=O) groups excluding carboxylic acids is 1. The molecule has 2 aliphatic rings. The molecule has 3 atom stereocenters. The molecule has 8 heteroatoms. The van der Waals surface area contributed by atoms with Crippen LogP contribution < -0.4 is 0 Å². The Kier molecular flexibility index (Phi) is 4.58. The van der Waals surface area contributed by atoms with Gasteiger partial charge in [-0.25, -0.2) is 13.1 Å². The molecular weight excluding hydrogens is 376 g/mol. The number of benzene rings is 1. The normalized spacial score (nSPS) is 26.0. The Morgan fingerprint density at radius 1 is 1.18 bits per heavy atom. The van der Waals surface area contributed by atoms with Crippen molar-refractivity contribution in [3.63, 3.8) is 0 Å². The van der Waals surface area contributed by atoms with Crippen LogP contribution in [0, 0.1) is 19.8 Å². The van der Waals surface area contributed by atoms with Crippen molar-refractivity contribution in [2.45, 2.75) is 25.1 Å². The van der Waals surface area contributed by atoms with Crippen LogP contribution in [-0.2, 0) is 9.84 Å². The number of amides is 1. The third-order valence-electron chi connectivity index (χ3n) is 6.20. The number of para-hydroxylation sites is 1. The van der Waals surface area contributed by atoms with Gasteiger partial charge < -0.3 is 9.80 Å². The summed E-state index contributed by atoms with van der Waals surface area (Å²) in [5.41, 5.74) is 3.31. The predicted octanol–water partition coefficient (Wildman–Crippen LogP) is 1.29. The van der Waals surface area contributed by atoms with E-state index in [9.17, 15) is 13.2 Å². The van der Waals surface area contributed by atoms with E-state index >= 15 is 0 Å². The molecule has 2 saturated heterocycles. The monoisotopic (exact) mass is 402 g/mol. The molecule has 28 heavy (non-hydrogen) atoms. The van der Waals surface area contributed by atoms with E-state index in [1.165, 1.54) is 0 Å². The number of sulfone groups is 1. The van der Waals surface area contributed by atoms with Gasteiger partial charge in [-0.05, 0) is 39.6 Å². The summed E-state index contributed by atoms with van der Waals surface area (Å²) >= 11 is 0. The Balaban J connectivity index is 1.61. The molecular formula is C20H26N4O3S. The van der Waals surface area contributed by atoms with E-state index in [-0.39, 0.29) is 30.2 Å². The zero-order valence-electron chi connectivity index (χ0n) is 16.7. The average Bonchev–Trinajstić information content (AvgIpc) is 3.30. The smallest absolute Gasteiger partial charge is 0.257 e. The van der Waals surface area contributed by atoms with E-state index in [4.69, 9.17) is 0 Å². The number of hydrogen-bond acceptors (Lipinski definition) is 5. The van der Waals surface area contributed by atoms with Crippen LogP contribution in [0.3, 0.4) is 0 Å². The predicted molar refractivity (Wildman–Crippen MR) is 107 cm³/mol. The summed E-state index contributed by atoms with van der Waals surface area (Å²) < 4.78 is 26.9. The SMILES string of the molecule is Cc1ccccc1-n1ncc(C(=O)N2C[C@H]3[C@H](N(C)C)CS(=O)(=O)[C@H]3C2)c1C. The van der Waals surface area contributed by atoms with Crippen molar-refractivity contribution < 1.29 is 13.2 Å². The Bertz CT molecular complexity index is 1030. The largest absolute Gasteiger partial charge is 0.337 e. The fraction of sp³-hybridized carbons (Fsp3) is 0.500. The number of hydrogen-bond donors (Lipinski definition) is 0. The second-order valence-electron chi connectivity index (χ2n) is 8.11. The van der Waals surface area contributed by atoms with E-state index in [1.54, 1.807) is 15.8 Å². The third kappa shape index (κ3) is 2.95. The highest BCUT2D eigenvalue weighted by Crippen LogP contribution is 2.36. The lowest BCUT2D eigenvalue weighted by Gasteiger charge is -2.25. The van der Waals surface area contributed by atoms with Gasteiger partial charge in [-0.15, -0.1) is 0 Å². The fourth-order valence-corrected chi connectivity index (χ4v) is 7.04. The summed E-state index contributed by atoms with van der Waals surface area (Å²) in [5.74, 6) is 0.0110. The lowest BCUT2D eigenvalue weighted by Crippen LogP contribution is -2.38. The minimum absolute atomic E-state index is 0.0318. The van der Waals surface area contributed by atoms with Crippen molar-refractivity contribution in [2.24, 2.45) is 5.92 Å². The van der Waals surface area contributed by atoms with Crippen molar-refractivity contribution in [1.82, 2.24) is 19.6 Å². The molecule has 2 aliphatic heterocycles. The first-order chi connectivity index (χ1) is 13.2. The van der Waals surface area contributed by atoms with Gasteiger partial charge in [0.2, 0.25) is 0 Å². The van der Waals surface area contributed by atoms with Gasteiger partial charge >= 0.3 is 0 Å². The van der Waals surface area contributed by atoms with Gasteiger partial charge in [-0.1, -0.05) is 18.2 Å². The maximum Gasteiger partial charge on any atom is 0.257 e. The second kappa shape index (κ2) is 6.70. The lowest BCUT2D eigenvalue weighted by atomic mass is 10.00. The summed E-state index contributed by atoms with van der Waals surface area (Å²) in [7, 11) is 0.636. The van der Waals surface area contributed by atoms with Crippen LogP contribution in [0.4, 0.5) is 0 Å². The Morgan fingerprint density at radius 3 is 2.57 bits per heavy atom. The van der Waals surface area contributed by atoms with Gasteiger partial charge in [0, 0.05) is 25.0 Å². The van der Waals surface area contributed by atoms with Crippen LogP contribution >= 0.6 is 0 Å². The second-order valence-corrected chi connectivity index (χ2v) is 10.4. The van der Waals surface area contributed by atoms with Gasteiger partial charge in [0.05, 0.1) is 34.1 Å². The number of fused-ring (bicyclic) bond motifs is 1. The molecule has 0 radical (unpaired) electrons. The van der Waals surface area contributed by atoms with Crippen LogP contribution in [-0.4, -0.2) is 78.1 Å². The molecule has 2 aromatic rings. The summed E-state index contributed by atoms with van der Waals surface area (Å²) in [6.07, 6.45) is 1.59. The average molecular weight is 403 g/mol. The maximum absolute atomic E-state index is 13.2. The minimum Gasteiger partial charge on any atom is -0.337 e. The fourth-order valence-electron chi connectivity index (χ4n) is 4.57. The van der Waals surface area contributed by atoms with Gasteiger partial charge in [0.15, 0.2) is 9.84 Å². The minimum atomic E-state index is -3.18. The molecule has 0 N–H and O–H groups in total. The summed E-state index contributed by atoms with van der Waals surface area (Å²) in [4.78, 5) is 16.8. The molecule has 4 rings (SSSR count). The van der Waals surface area contributed by atoms with E-state index in [0.717, 1.165) is 16.9 Å². The summed E-state index contributed by atoms with van der Waals surface area (Å²) in [6, 6.07) is 7.85. The summed E-state index contributed by atoms with van der Waals surface area (Å²) in [6.45, 7) is 4.63. The standard InChI is InChI=1S/C20H26N4O3S/c1-13-7-5-6-8-17(13)24-14(2)15(9-21-24)20(25)23-10-16-18(22(3)4)12-28(26,27)19(16)11-23/h5-9,16,18-19H,10-12H2,1-4H3/t16-,18+,19-/m0/s1. The first kappa shape index (κ1) is 19.1. The van der Waals surface area contributed by atoms with Gasteiger partial charge in [-0.2, -0.15) is 5.10 Å². The molecule has 0 unspecified atom stereocenters. The number of aromatic nitrogens is 2. The van der Waals surface area contributed by atoms with Crippen molar-refractivity contribution in [1.29, 1.82) is 0 Å². The van der Waals surface area contributed by atoms with Crippen LogP contribution in [0.25, 0.3) is 5.69 Å². The topological polar surface area (TPSA) is 75.5 Å². The first-order valence-electron chi connectivity index (χ1n) is 9.48. The van der Waals surface area contributed by atoms with Crippen LogP contribution in [0.15, 0.2) is 30.5 Å². The van der Waals surface area contributed by atoms with Crippen molar-refractivity contribution in [3.8, 4) is 5.69 Å². The molecule has 1 aromatic heterocycles. The van der Waals surface area contributed by atoms with Crippen molar-refractivity contribution in [3.05, 3.63) is 47.3 Å². The quantitative estimate of drug-likeness (QED) is 0.773. The van der Waals surface area contributed by atoms with Crippen molar-refractivity contribution in [2.75, 3.05) is 32.9 Å². The number of nitrogens with zero attached hydrogens (tertiary/aromatic N) is 4. The first-order valence-corrected chi connectivity index (χ1v) is 11.2. The molecule has 0 saturated carbocycles. The van der Waals surface area contributed by atoms with E-state index in [0.29, 0.717) is 12.1 Å². The van der Waals surface area contributed by atoms with Crippen LogP contribution in [0.5, 0.6) is 0 Å². The van der Waals surface area contributed by atoms with Crippen molar-refractivity contribution >= 4 is 15.7 Å². The number of aryl methyl sites for hydroxylation is 1. The molecule has 0 spiro atoms. The molecule has 1 aromatic carbocycles. The van der Waals surface area contributed by atoms with Gasteiger partial charge in [0.1, 0.15) is 0 Å². The molecule has 0 bridgehead atoms. The van der Waals surface area contributed by atoms with E-state index < -0.39 is 15.1 Å². The van der Waals surface area contributed by atoms with Crippen LogP contribution in [0.2, 0.25) is 0 Å². The molecule has 150 valence electrons. The highest BCUT2D eigenvalue weighted by molar-refractivity contribution is 7.92. The zero-order valence-corrected chi connectivity index (χ0v) is 17.5. The highest BCUT2D eigenvalue weighted by atomic mass is 32.2. The lowest BCUT2D eigenvalue weighted by molar-refractivity contribution is 0.0779. The third-order valence-corrected chi connectivity index (χ3v) is 8.43. The van der Waals surface area contributed by atoms with Crippen LogP contribution in [0.1, 0.15) is 21.6 Å². The van der Waals surface area contributed by atoms with Gasteiger partial charge in [0.25, 0.3) is 5.91 Å². The molecule has 1 amide bonds. The van der Waals surface area contributed by atoms with Gasteiger partial charge in [-0.3, -0.25) is 4.79 Å². The zero-order chi connectivity index (χ0) is 20.2. The molecule has 3 heterocycles. The number of carbonyl (C=O) groups is 1. The van der Waals surface area contributed by atoms with E-state index in [2.05, 4.69) is 5.10 Å². The molecule has 2 fully saturated rings. The molecule has 0 aliphatic carbocycles. The Morgan fingerprint density at radius 2 is 1.89 bits per heavy atom. The highest BCUT2D eigenvalue weighted by Gasteiger charge is 2.53. The Hall–Kier alpha value is -2.19. The number of likely N-dealkylation sites (tertiary alicyclic amines) is 1. The van der Waals surface area contributed by atoms with E-state index in [1.807, 2.05) is 57.1 Å². The maximum atomic E-state index is 13.2. The summed E-state index contributed by atoms with van der Waals surface area (Å²) in [5, 5.41) is 3.96.